The Balaban J connectivity index is 4.13. The predicted molar refractivity (Wildman–Crippen MR) is 102 cm³/mol. The van der Waals surface area contributed by atoms with Gasteiger partial charge < -0.3 is 9.47 Å². The highest BCUT2D eigenvalue weighted by Crippen LogP contribution is 2.38. The molecule has 0 rings (SSSR count). The number of hydrogen-bond acceptors (Lipinski definition) is 4. The zero-order valence-corrected chi connectivity index (χ0v) is 17.4. The van der Waals surface area contributed by atoms with Crippen LogP contribution >= 0.6 is 0 Å². The van der Waals surface area contributed by atoms with Crippen molar-refractivity contribution in [1.29, 1.82) is 0 Å². The lowest BCUT2D eigenvalue weighted by Crippen LogP contribution is -2.38. The second-order valence-electron chi connectivity index (χ2n) is 8.08. The minimum atomic E-state index is -0.695. The second kappa shape index (κ2) is 12.3. The van der Waals surface area contributed by atoms with Crippen LogP contribution in [0.5, 0.6) is 0 Å². The van der Waals surface area contributed by atoms with Gasteiger partial charge in [0.05, 0.1) is 24.5 Å². The molecule has 148 valence electrons. The van der Waals surface area contributed by atoms with Crippen LogP contribution in [0.15, 0.2) is 0 Å². The molecule has 0 aromatic rings. The number of unbranched alkanes of at least 4 members (excludes halogenated alkanes) is 7. The van der Waals surface area contributed by atoms with Crippen molar-refractivity contribution in [1.82, 2.24) is 0 Å². The summed E-state index contributed by atoms with van der Waals surface area (Å²) in [6.07, 6.45) is 10.8. The maximum absolute atomic E-state index is 12.4. The Bertz CT molecular complexity index is 389. The fourth-order valence-corrected chi connectivity index (χ4v) is 3.23. The number of hydrogen-bond donors (Lipinski definition) is 0. The number of rotatable bonds is 14. The van der Waals surface area contributed by atoms with Gasteiger partial charge in [-0.05, 0) is 40.0 Å². The van der Waals surface area contributed by atoms with Crippen LogP contribution in [-0.4, -0.2) is 25.7 Å². The van der Waals surface area contributed by atoms with E-state index in [0.717, 1.165) is 12.8 Å². The first-order valence-corrected chi connectivity index (χ1v) is 9.99. The summed E-state index contributed by atoms with van der Waals surface area (Å²) >= 11 is 0. The summed E-state index contributed by atoms with van der Waals surface area (Å²) in [5, 5.41) is 0. The molecule has 0 heterocycles. The summed E-state index contributed by atoms with van der Waals surface area (Å²) in [5.41, 5.74) is -1.35. The van der Waals surface area contributed by atoms with Crippen LogP contribution < -0.4 is 0 Å². The molecule has 0 radical (unpaired) electrons. The van der Waals surface area contributed by atoms with E-state index in [-0.39, 0.29) is 11.9 Å². The Labute approximate surface area is 155 Å². The van der Waals surface area contributed by atoms with Crippen molar-refractivity contribution in [3.8, 4) is 0 Å². The smallest absolute Gasteiger partial charge is 0.311 e. The summed E-state index contributed by atoms with van der Waals surface area (Å²) in [6.45, 7) is 10.2. The lowest BCUT2D eigenvalue weighted by molar-refractivity contribution is -0.161. The highest BCUT2D eigenvalue weighted by Gasteiger charge is 2.42. The minimum Gasteiger partial charge on any atom is -0.469 e. The van der Waals surface area contributed by atoms with Gasteiger partial charge in [0.15, 0.2) is 0 Å². The Morgan fingerprint density at radius 2 is 1.32 bits per heavy atom. The maximum Gasteiger partial charge on any atom is 0.311 e. The highest BCUT2D eigenvalue weighted by molar-refractivity contribution is 5.80. The van der Waals surface area contributed by atoms with Gasteiger partial charge in [-0.15, -0.1) is 0 Å². The van der Waals surface area contributed by atoms with Gasteiger partial charge in [-0.1, -0.05) is 58.8 Å². The summed E-state index contributed by atoms with van der Waals surface area (Å²) in [6, 6.07) is 0. The van der Waals surface area contributed by atoms with Crippen molar-refractivity contribution in [3.63, 3.8) is 0 Å². The maximum atomic E-state index is 12.4. The van der Waals surface area contributed by atoms with Crippen LogP contribution in [0.25, 0.3) is 0 Å². The standard InChI is InChI=1S/C21H40O4/c1-7-9-10-11-12-13-14-15-16-25-18(22)20(3,4)17-21(5,8-2)19(23)24-6/h7-17H2,1-6H3. The molecule has 0 fully saturated rings. The lowest BCUT2D eigenvalue weighted by Gasteiger charge is -2.33. The van der Waals surface area contributed by atoms with Crippen molar-refractivity contribution in [2.24, 2.45) is 10.8 Å². The van der Waals surface area contributed by atoms with E-state index in [2.05, 4.69) is 6.92 Å². The predicted octanol–water partition coefficient (Wildman–Crippen LogP) is 5.68. The van der Waals surface area contributed by atoms with Crippen LogP contribution in [0.2, 0.25) is 0 Å². The summed E-state index contributed by atoms with van der Waals surface area (Å²) in [7, 11) is 1.39. The second-order valence-corrected chi connectivity index (χ2v) is 8.08. The zero-order valence-electron chi connectivity index (χ0n) is 17.4. The molecular weight excluding hydrogens is 316 g/mol. The third kappa shape index (κ3) is 9.27. The molecule has 0 aromatic heterocycles. The third-order valence-electron chi connectivity index (χ3n) is 5.07. The molecule has 0 N–H and O–H groups in total. The van der Waals surface area contributed by atoms with E-state index in [0.29, 0.717) is 19.4 Å². The fraction of sp³-hybridized carbons (Fsp3) is 0.905. The van der Waals surface area contributed by atoms with Crippen molar-refractivity contribution in [2.75, 3.05) is 13.7 Å². The normalized spacial score (nSPS) is 14.0. The van der Waals surface area contributed by atoms with E-state index in [4.69, 9.17) is 9.47 Å². The van der Waals surface area contributed by atoms with Gasteiger partial charge in [0.2, 0.25) is 0 Å². The van der Waals surface area contributed by atoms with Gasteiger partial charge >= 0.3 is 11.9 Å². The Hall–Kier alpha value is -1.06. The van der Waals surface area contributed by atoms with E-state index in [1.165, 1.54) is 45.6 Å². The molecule has 0 aliphatic rings. The van der Waals surface area contributed by atoms with Crippen LogP contribution in [0.4, 0.5) is 0 Å². The molecule has 0 saturated carbocycles. The number of esters is 2. The first-order chi connectivity index (χ1) is 11.7. The average Bonchev–Trinajstić information content (AvgIpc) is 2.58. The topological polar surface area (TPSA) is 52.6 Å². The van der Waals surface area contributed by atoms with E-state index in [9.17, 15) is 9.59 Å². The van der Waals surface area contributed by atoms with Gasteiger partial charge in [0.1, 0.15) is 0 Å². The van der Waals surface area contributed by atoms with Crippen molar-refractivity contribution < 1.29 is 19.1 Å². The van der Waals surface area contributed by atoms with E-state index < -0.39 is 10.8 Å². The first-order valence-electron chi connectivity index (χ1n) is 9.99. The van der Waals surface area contributed by atoms with Gasteiger partial charge in [0, 0.05) is 0 Å². The van der Waals surface area contributed by atoms with E-state index >= 15 is 0 Å². The molecule has 0 bridgehead atoms. The molecule has 0 amide bonds. The van der Waals surface area contributed by atoms with Crippen LogP contribution in [0, 0.1) is 10.8 Å². The summed E-state index contributed by atoms with van der Waals surface area (Å²) < 4.78 is 10.4. The van der Waals surface area contributed by atoms with Gasteiger partial charge in [0.25, 0.3) is 0 Å². The molecule has 1 atom stereocenters. The zero-order chi connectivity index (χ0) is 19.3. The van der Waals surface area contributed by atoms with Gasteiger partial charge in [-0.25, -0.2) is 0 Å². The summed E-state index contributed by atoms with van der Waals surface area (Å²) in [4.78, 5) is 24.4. The quantitative estimate of drug-likeness (QED) is 0.297. The van der Waals surface area contributed by atoms with Gasteiger partial charge in [-0.3, -0.25) is 9.59 Å². The lowest BCUT2D eigenvalue weighted by atomic mass is 9.72. The Morgan fingerprint density at radius 1 is 0.800 bits per heavy atom. The molecule has 0 aromatic carbocycles. The molecule has 0 saturated heterocycles. The molecule has 0 aliphatic carbocycles. The largest absolute Gasteiger partial charge is 0.469 e. The summed E-state index contributed by atoms with van der Waals surface area (Å²) in [5.74, 6) is -0.488. The van der Waals surface area contributed by atoms with Crippen molar-refractivity contribution in [3.05, 3.63) is 0 Å². The molecule has 0 spiro atoms. The van der Waals surface area contributed by atoms with Crippen LogP contribution in [0.1, 0.15) is 98.8 Å². The molecule has 1 unspecified atom stereocenters. The highest BCUT2D eigenvalue weighted by atomic mass is 16.5. The molecule has 25 heavy (non-hydrogen) atoms. The van der Waals surface area contributed by atoms with E-state index in [1.54, 1.807) is 0 Å². The SMILES string of the molecule is CCCCCCCCCCOC(=O)C(C)(C)CC(C)(CC)C(=O)OC. The third-order valence-corrected chi connectivity index (χ3v) is 5.07. The fourth-order valence-electron chi connectivity index (χ4n) is 3.23. The molecular formula is C21H40O4. The number of carbonyl (C=O) groups is 2. The number of ether oxygens (including phenoxy) is 2. The number of methoxy groups -OCH3 is 1. The average molecular weight is 357 g/mol. The molecule has 4 nitrogen and oxygen atoms in total. The Morgan fingerprint density at radius 3 is 1.80 bits per heavy atom. The first kappa shape index (κ1) is 23.9. The Kier molecular flexibility index (Phi) is 11.8. The van der Waals surface area contributed by atoms with Crippen LogP contribution in [0.3, 0.4) is 0 Å². The molecule has 4 heteroatoms. The minimum absolute atomic E-state index is 0.223. The van der Waals surface area contributed by atoms with Crippen molar-refractivity contribution in [2.45, 2.75) is 98.8 Å². The van der Waals surface area contributed by atoms with Crippen LogP contribution in [-0.2, 0) is 19.1 Å². The van der Waals surface area contributed by atoms with Gasteiger partial charge in [-0.2, -0.15) is 0 Å². The van der Waals surface area contributed by atoms with E-state index in [1.807, 2.05) is 27.7 Å². The number of carbonyl (C=O) groups excluding carboxylic acids is 2. The monoisotopic (exact) mass is 356 g/mol. The molecule has 0 aliphatic heterocycles. The van der Waals surface area contributed by atoms with Crippen molar-refractivity contribution >= 4 is 11.9 Å².